The molecule has 4 heteroatoms. The summed E-state index contributed by atoms with van der Waals surface area (Å²) in [7, 11) is 4.06. The first kappa shape index (κ1) is 15.0. The van der Waals surface area contributed by atoms with Crippen LogP contribution in [0, 0.1) is 5.92 Å². The second-order valence-electron chi connectivity index (χ2n) is 5.90. The van der Waals surface area contributed by atoms with Gasteiger partial charge in [-0.1, -0.05) is 30.3 Å². The Kier molecular flexibility index (Phi) is 5.15. The van der Waals surface area contributed by atoms with Crippen LogP contribution in [0.3, 0.4) is 0 Å². The van der Waals surface area contributed by atoms with Crippen LogP contribution in [0.4, 0.5) is 0 Å². The number of amides is 1. The summed E-state index contributed by atoms with van der Waals surface area (Å²) in [6.45, 7) is 0.618. The molecule has 2 atom stereocenters. The van der Waals surface area contributed by atoms with E-state index in [1.54, 1.807) is 0 Å². The Morgan fingerprint density at radius 1 is 1.35 bits per heavy atom. The van der Waals surface area contributed by atoms with Crippen molar-refractivity contribution in [2.24, 2.45) is 11.7 Å². The Balaban J connectivity index is 1.84. The molecule has 2 unspecified atom stereocenters. The van der Waals surface area contributed by atoms with Gasteiger partial charge in [-0.15, -0.1) is 0 Å². The first-order valence-electron chi connectivity index (χ1n) is 7.31. The van der Waals surface area contributed by atoms with E-state index < -0.39 is 0 Å². The van der Waals surface area contributed by atoms with Crippen molar-refractivity contribution in [2.75, 3.05) is 20.6 Å². The van der Waals surface area contributed by atoms with Crippen molar-refractivity contribution in [3.63, 3.8) is 0 Å². The van der Waals surface area contributed by atoms with Gasteiger partial charge in [0.15, 0.2) is 0 Å². The van der Waals surface area contributed by atoms with E-state index in [2.05, 4.69) is 22.3 Å². The zero-order chi connectivity index (χ0) is 14.5. The van der Waals surface area contributed by atoms with Crippen molar-refractivity contribution in [3.8, 4) is 0 Å². The molecule has 110 valence electrons. The van der Waals surface area contributed by atoms with Crippen molar-refractivity contribution in [1.29, 1.82) is 0 Å². The SMILES string of the molecule is CN(C)C(CNC(=O)CC(N)C1CC1)c1ccccc1. The number of carbonyl (C=O) groups excluding carboxylic acids is 1. The summed E-state index contributed by atoms with van der Waals surface area (Å²) in [4.78, 5) is 14.1. The number of hydrogen-bond acceptors (Lipinski definition) is 3. The lowest BCUT2D eigenvalue weighted by atomic mass is 10.1. The maximum Gasteiger partial charge on any atom is 0.221 e. The minimum atomic E-state index is 0.0320. The van der Waals surface area contributed by atoms with Gasteiger partial charge in [-0.25, -0.2) is 0 Å². The van der Waals surface area contributed by atoms with Crippen LogP contribution in [-0.4, -0.2) is 37.5 Å². The fourth-order valence-electron chi connectivity index (χ4n) is 2.46. The second-order valence-corrected chi connectivity index (χ2v) is 5.90. The maximum atomic E-state index is 11.9. The van der Waals surface area contributed by atoms with Crippen LogP contribution in [-0.2, 0) is 4.79 Å². The molecule has 1 saturated carbocycles. The summed E-state index contributed by atoms with van der Waals surface area (Å²) in [5, 5.41) is 3.02. The van der Waals surface area contributed by atoms with Crippen LogP contribution >= 0.6 is 0 Å². The highest BCUT2D eigenvalue weighted by Gasteiger charge is 2.29. The predicted octanol–water partition coefficient (Wildman–Crippen LogP) is 1.53. The largest absolute Gasteiger partial charge is 0.354 e. The Morgan fingerprint density at radius 2 is 2.00 bits per heavy atom. The lowest BCUT2D eigenvalue weighted by molar-refractivity contribution is -0.121. The van der Waals surface area contributed by atoms with Gasteiger partial charge in [0, 0.05) is 19.0 Å². The number of likely N-dealkylation sites (N-methyl/N-ethyl adjacent to an activating group) is 1. The molecule has 1 aromatic carbocycles. The Hall–Kier alpha value is -1.39. The minimum Gasteiger partial charge on any atom is -0.354 e. The van der Waals surface area contributed by atoms with Gasteiger partial charge in [0.05, 0.1) is 6.04 Å². The molecule has 20 heavy (non-hydrogen) atoms. The predicted molar refractivity (Wildman–Crippen MR) is 81.2 cm³/mol. The summed E-state index contributed by atoms with van der Waals surface area (Å²) >= 11 is 0. The molecule has 2 rings (SSSR count). The van der Waals surface area contributed by atoms with Crippen LogP contribution in [0.15, 0.2) is 30.3 Å². The summed E-state index contributed by atoms with van der Waals surface area (Å²) in [5.41, 5.74) is 7.20. The van der Waals surface area contributed by atoms with E-state index >= 15 is 0 Å². The van der Waals surface area contributed by atoms with Crippen LogP contribution in [0.25, 0.3) is 0 Å². The molecule has 0 aromatic heterocycles. The smallest absolute Gasteiger partial charge is 0.221 e. The number of benzene rings is 1. The third-order valence-electron chi connectivity index (χ3n) is 3.95. The lowest BCUT2D eigenvalue weighted by Gasteiger charge is -2.25. The van der Waals surface area contributed by atoms with Crippen LogP contribution in [0.5, 0.6) is 0 Å². The minimum absolute atomic E-state index is 0.0320. The van der Waals surface area contributed by atoms with Gasteiger partial charge in [-0.2, -0.15) is 0 Å². The second kappa shape index (κ2) is 6.86. The number of rotatable bonds is 7. The summed E-state index contributed by atoms with van der Waals surface area (Å²) in [6, 6.07) is 10.5. The van der Waals surface area contributed by atoms with E-state index in [4.69, 9.17) is 5.73 Å². The lowest BCUT2D eigenvalue weighted by Crippen LogP contribution is -2.37. The molecule has 0 radical (unpaired) electrons. The molecule has 3 N–H and O–H groups in total. The van der Waals surface area contributed by atoms with Gasteiger partial charge in [0.1, 0.15) is 0 Å². The fraction of sp³-hybridized carbons (Fsp3) is 0.562. The fourth-order valence-corrected chi connectivity index (χ4v) is 2.46. The first-order chi connectivity index (χ1) is 9.58. The highest BCUT2D eigenvalue weighted by atomic mass is 16.1. The molecule has 0 aliphatic heterocycles. The molecular weight excluding hydrogens is 250 g/mol. The van der Waals surface area contributed by atoms with E-state index in [0.29, 0.717) is 18.9 Å². The molecule has 1 amide bonds. The number of carbonyl (C=O) groups is 1. The summed E-state index contributed by atoms with van der Waals surface area (Å²) < 4.78 is 0. The van der Waals surface area contributed by atoms with E-state index in [-0.39, 0.29) is 18.0 Å². The Morgan fingerprint density at radius 3 is 2.55 bits per heavy atom. The van der Waals surface area contributed by atoms with Crippen molar-refractivity contribution in [1.82, 2.24) is 10.2 Å². The average molecular weight is 275 g/mol. The third kappa shape index (κ3) is 4.32. The molecule has 0 heterocycles. The maximum absolute atomic E-state index is 11.9. The zero-order valence-electron chi connectivity index (χ0n) is 12.4. The molecule has 0 bridgehead atoms. The number of nitrogens with zero attached hydrogens (tertiary/aromatic N) is 1. The van der Waals surface area contributed by atoms with Gasteiger partial charge in [-0.3, -0.25) is 4.79 Å². The molecule has 0 spiro atoms. The van der Waals surface area contributed by atoms with Crippen molar-refractivity contribution in [3.05, 3.63) is 35.9 Å². The van der Waals surface area contributed by atoms with Crippen LogP contribution < -0.4 is 11.1 Å². The van der Waals surface area contributed by atoms with Crippen molar-refractivity contribution >= 4 is 5.91 Å². The normalized spacial score (nSPS) is 17.8. The van der Waals surface area contributed by atoms with Gasteiger partial charge >= 0.3 is 0 Å². The highest BCUT2D eigenvalue weighted by Crippen LogP contribution is 2.32. The van der Waals surface area contributed by atoms with Gasteiger partial charge in [0.2, 0.25) is 5.91 Å². The quantitative estimate of drug-likeness (QED) is 0.793. The molecule has 1 aliphatic rings. The summed E-state index contributed by atoms with van der Waals surface area (Å²) in [6.07, 6.45) is 2.80. The van der Waals surface area contributed by atoms with E-state index in [1.165, 1.54) is 18.4 Å². The molecule has 1 fully saturated rings. The topological polar surface area (TPSA) is 58.4 Å². The first-order valence-corrected chi connectivity index (χ1v) is 7.31. The summed E-state index contributed by atoms with van der Waals surface area (Å²) in [5.74, 6) is 0.631. The molecule has 1 aliphatic carbocycles. The molecule has 4 nitrogen and oxygen atoms in total. The highest BCUT2D eigenvalue weighted by molar-refractivity contribution is 5.76. The van der Waals surface area contributed by atoms with Crippen LogP contribution in [0.2, 0.25) is 0 Å². The van der Waals surface area contributed by atoms with Crippen molar-refractivity contribution < 1.29 is 4.79 Å². The van der Waals surface area contributed by atoms with Gasteiger partial charge in [0.25, 0.3) is 0 Å². The Labute approximate surface area is 121 Å². The zero-order valence-corrected chi connectivity index (χ0v) is 12.4. The van der Waals surface area contributed by atoms with Gasteiger partial charge < -0.3 is 16.0 Å². The van der Waals surface area contributed by atoms with Crippen LogP contribution in [0.1, 0.15) is 30.9 Å². The number of nitrogens with one attached hydrogen (secondary N) is 1. The number of nitrogens with two attached hydrogens (primary N) is 1. The van der Waals surface area contributed by atoms with E-state index in [9.17, 15) is 4.79 Å². The number of hydrogen-bond donors (Lipinski definition) is 2. The molecular formula is C16H25N3O. The Bertz CT molecular complexity index is 429. The van der Waals surface area contributed by atoms with E-state index in [1.807, 2.05) is 32.3 Å². The van der Waals surface area contributed by atoms with E-state index in [0.717, 1.165) is 0 Å². The van der Waals surface area contributed by atoms with Gasteiger partial charge in [-0.05, 0) is 38.4 Å². The van der Waals surface area contributed by atoms with Crippen molar-refractivity contribution in [2.45, 2.75) is 31.3 Å². The molecule has 1 aromatic rings. The third-order valence-corrected chi connectivity index (χ3v) is 3.95. The standard InChI is InChI=1S/C16H25N3O/c1-19(2)15(13-6-4-3-5-7-13)11-18-16(20)10-14(17)12-8-9-12/h3-7,12,14-15H,8-11,17H2,1-2H3,(H,18,20). The monoisotopic (exact) mass is 275 g/mol. The average Bonchev–Trinajstić information content (AvgIpc) is 3.24. The molecule has 0 saturated heterocycles.